The fraction of sp³-hybridized carbons (Fsp3) is 0.778. The molecule has 5 heteroatoms. The van der Waals surface area contributed by atoms with Crippen LogP contribution in [-0.4, -0.2) is 34.8 Å². The SMILES string of the molecule is CCOCCOCn1cc(CC)nn1. The zero-order valence-corrected chi connectivity index (χ0v) is 8.77. The van der Waals surface area contributed by atoms with E-state index in [0.29, 0.717) is 19.9 Å². The van der Waals surface area contributed by atoms with Gasteiger partial charge in [0.25, 0.3) is 0 Å². The van der Waals surface area contributed by atoms with E-state index >= 15 is 0 Å². The number of hydrogen-bond donors (Lipinski definition) is 0. The third-order valence-electron chi connectivity index (χ3n) is 1.75. The molecule has 0 saturated heterocycles. The molecule has 0 aromatic carbocycles. The van der Waals surface area contributed by atoms with E-state index in [0.717, 1.165) is 18.7 Å². The molecule has 0 aliphatic heterocycles. The van der Waals surface area contributed by atoms with E-state index in [-0.39, 0.29) is 0 Å². The predicted molar refractivity (Wildman–Crippen MR) is 51.8 cm³/mol. The number of ether oxygens (including phenoxy) is 2. The molecule has 0 spiro atoms. The first kappa shape index (κ1) is 11.1. The molecule has 0 amide bonds. The van der Waals surface area contributed by atoms with Gasteiger partial charge in [-0.25, -0.2) is 4.68 Å². The van der Waals surface area contributed by atoms with Gasteiger partial charge in [0.05, 0.1) is 25.1 Å². The molecule has 0 aliphatic rings. The molecule has 5 nitrogen and oxygen atoms in total. The van der Waals surface area contributed by atoms with Crippen molar-refractivity contribution >= 4 is 0 Å². The highest BCUT2D eigenvalue weighted by Crippen LogP contribution is 1.93. The van der Waals surface area contributed by atoms with E-state index in [2.05, 4.69) is 10.3 Å². The summed E-state index contributed by atoms with van der Waals surface area (Å²) in [6.45, 7) is 6.41. The van der Waals surface area contributed by atoms with Crippen LogP contribution in [0.25, 0.3) is 0 Å². The molecular weight excluding hydrogens is 182 g/mol. The second-order valence-electron chi connectivity index (χ2n) is 2.84. The molecule has 14 heavy (non-hydrogen) atoms. The van der Waals surface area contributed by atoms with Gasteiger partial charge < -0.3 is 9.47 Å². The summed E-state index contributed by atoms with van der Waals surface area (Å²) in [6, 6.07) is 0. The summed E-state index contributed by atoms with van der Waals surface area (Å²) < 4.78 is 12.1. The maximum atomic E-state index is 5.32. The third-order valence-corrected chi connectivity index (χ3v) is 1.75. The van der Waals surface area contributed by atoms with Crippen molar-refractivity contribution in [1.29, 1.82) is 0 Å². The number of aromatic nitrogens is 3. The average Bonchev–Trinajstić information content (AvgIpc) is 2.65. The molecule has 0 radical (unpaired) electrons. The maximum absolute atomic E-state index is 5.32. The van der Waals surface area contributed by atoms with Crippen molar-refractivity contribution in [3.8, 4) is 0 Å². The van der Waals surface area contributed by atoms with Gasteiger partial charge in [-0.3, -0.25) is 0 Å². The van der Waals surface area contributed by atoms with Gasteiger partial charge in [-0.2, -0.15) is 0 Å². The Morgan fingerprint density at radius 1 is 1.29 bits per heavy atom. The number of rotatable bonds is 7. The lowest BCUT2D eigenvalue weighted by Crippen LogP contribution is -2.08. The first-order chi connectivity index (χ1) is 6.86. The highest BCUT2D eigenvalue weighted by atomic mass is 16.5. The van der Waals surface area contributed by atoms with Crippen molar-refractivity contribution in [3.05, 3.63) is 11.9 Å². The quantitative estimate of drug-likeness (QED) is 0.611. The first-order valence-electron chi connectivity index (χ1n) is 4.91. The Morgan fingerprint density at radius 3 is 2.71 bits per heavy atom. The molecule has 1 heterocycles. The van der Waals surface area contributed by atoms with Crippen LogP contribution in [0, 0.1) is 0 Å². The molecule has 1 aromatic heterocycles. The monoisotopic (exact) mass is 199 g/mol. The van der Waals surface area contributed by atoms with Gasteiger partial charge in [-0.15, -0.1) is 5.10 Å². The molecule has 0 N–H and O–H groups in total. The third kappa shape index (κ3) is 3.85. The minimum absolute atomic E-state index is 0.445. The minimum Gasteiger partial charge on any atom is -0.379 e. The smallest absolute Gasteiger partial charge is 0.141 e. The summed E-state index contributed by atoms with van der Waals surface area (Å²) in [5, 5.41) is 7.86. The Labute approximate surface area is 84.0 Å². The number of hydrogen-bond acceptors (Lipinski definition) is 4. The van der Waals surface area contributed by atoms with Gasteiger partial charge in [0.1, 0.15) is 6.73 Å². The normalized spacial score (nSPS) is 10.7. The van der Waals surface area contributed by atoms with Gasteiger partial charge in [-0.05, 0) is 13.3 Å². The molecular formula is C9H17N3O2. The zero-order chi connectivity index (χ0) is 10.2. The van der Waals surface area contributed by atoms with Crippen LogP contribution in [0.1, 0.15) is 19.5 Å². The second kappa shape index (κ2) is 6.50. The Morgan fingerprint density at radius 2 is 2.07 bits per heavy atom. The number of aryl methyl sites for hydroxylation is 1. The van der Waals surface area contributed by atoms with Crippen LogP contribution in [-0.2, 0) is 22.6 Å². The van der Waals surface area contributed by atoms with Crippen LogP contribution in [0.2, 0.25) is 0 Å². The summed E-state index contributed by atoms with van der Waals surface area (Å²) in [5.74, 6) is 0. The van der Waals surface area contributed by atoms with E-state index in [1.54, 1.807) is 4.68 Å². The maximum Gasteiger partial charge on any atom is 0.141 e. The van der Waals surface area contributed by atoms with Gasteiger partial charge in [0, 0.05) is 6.61 Å². The van der Waals surface area contributed by atoms with Crippen molar-refractivity contribution in [3.63, 3.8) is 0 Å². The lowest BCUT2D eigenvalue weighted by molar-refractivity contribution is 0.0171. The molecule has 0 bridgehead atoms. The van der Waals surface area contributed by atoms with Gasteiger partial charge in [0.15, 0.2) is 0 Å². The summed E-state index contributed by atoms with van der Waals surface area (Å²) in [7, 11) is 0. The molecule has 0 atom stereocenters. The first-order valence-corrected chi connectivity index (χ1v) is 4.91. The Balaban J connectivity index is 2.12. The zero-order valence-electron chi connectivity index (χ0n) is 8.77. The Bertz CT molecular complexity index is 250. The van der Waals surface area contributed by atoms with Crippen LogP contribution in [0.5, 0.6) is 0 Å². The predicted octanol–water partition coefficient (Wildman–Crippen LogP) is 0.851. The van der Waals surface area contributed by atoms with Crippen LogP contribution in [0.4, 0.5) is 0 Å². The fourth-order valence-corrected chi connectivity index (χ4v) is 0.984. The fourth-order valence-electron chi connectivity index (χ4n) is 0.984. The average molecular weight is 199 g/mol. The molecule has 0 aliphatic carbocycles. The molecule has 0 unspecified atom stereocenters. The highest BCUT2D eigenvalue weighted by molar-refractivity contribution is 4.90. The summed E-state index contributed by atoms with van der Waals surface area (Å²) in [4.78, 5) is 0. The van der Waals surface area contributed by atoms with Crippen molar-refractivity contribution in [2.24, 2.45) is 0 Å². The molecule has 0 fully saturated rings. The van der Waals surface area contributed by atoms with Crippen LogP contribution >= 0.6 is 0 Å². The molecule has 0 saturated carbocycles. The number of nitrogens with zero attached hydrogens (tertiary/aromatic N) is 3. The molecule has 1 rings (SSSR count). The summed E-state index contributed by atoms with van der Waals surface area (Å²) in [5.41, 5.74) is 0.985. The summed E-state index contributed by atoms with van der Waals surface area (Å²) in [6.07, 6.45) is 2.79. The van der Waals surface area contributed by atoms with E-state index in [1.165, 1.54) is 0 Å². The van der Waals surface area contributed by atoms with Gasteiger partial charge >= 0.3 is 0 Å². The van der Waals surface area contributed by atoms with Crippen molar-refractivity contribution in [2.45, 2.75) is 27.0 Å². The van der Waals surface area contributed by atoms with Crippen LogP contribution in [0.15, 0.2) is 6.20 Å². The molecule has 1 aromatic rings. The van der Waals surface area contributed by atoms with E-state index in [4.69, 9.17) is 9.47 Å². The van der Waals surface area contributed by atoms with Gasteiger partial charge in [-0.1, -0.05) is 12.1 Å². The largest absolute Gasteiger partial charge is 0.379 e. The lowest BCUT2D eigenvalue weighted by Gasteiger charge is -2.03. The molecule has 80 valence electrons. The van der Waals surface area contributed by atoms with Crippen LogP contribution < -0.4 is 0 Å². The second-order valence-corrected chi connectivity index (χ2v) is 2.84. The van der Waals surface area contributed by atoms with E-state index < -0.39 is 0 Å². The van der Waals surface area contributed by atoms with E-state index in [1.807, 2.05) is 20.0 Å². The Hall–Kier alpha value is -0.940. The van der Waals surface area contributed by atoms with Crippen molar-refractivity contribution in [2.75, 3.05) is 19.8 Å². The highest BCUT2D eigenvalue weighted by Gasteiger charge is 1.97. The standard InChI is InChI=1S/C9H17N3O2/c1-3-9-7-12(11-10-9)8-14-6-5-13-4-2/h7H,3-6,8H2,1-2H3. The minimum atomic E-state index is 0.445. The van der Waals surface area contributed by atoms with Crippen LogP contribution in [0.3, 0.4) is 0 Å². The topological polar surface area (TPSA) is 49.2 Å². The van der Waals surface area contributed by atoms with E-state index in [9.17, 15) is 0 Å². The van der Waals surface area contributed by atoms with Crippen molar-refractivity contribution < 1.29 is 9.47 Å². The van der Waals surface area contributed by atoms with Crippen molar-refractivity contribution in [1.82, 2.24) is 15.0 Å². The lowest BCUT2D eigenvalue weighted by atomic mass is 10.4. The van der Waals surface area contributed by atoms with Gasteiger partial charge in [0.2, 0.25) is 0 Å². The Kier molecular flexibility index (Phi) is 5.17. The summed E-state index contributed by atoms with van der Waals surface area (Å²) >= 11 is 0.